The summed E-state index contributed by atoms with van der Waals surface area (Å²) in [5, 5.41) is 2.90. The Morgan fingerprint density at radius 3 is 2.75 bits per heavy atom. The summed E-state index contributed by atoms with van der Waals surface area (Å²) in [6, 6.07) is 16.9. The summed E-state index contributed by atoms with van der Waals surface area (Å²) in [6.07, 6.45) is 3.58. The highest BCUT2D eigenvalue weighted by atomic mass is 16.5. The summed E-state index contributed by atoms with van der Waals surface area (Å²) in [4.78, 5) is 19.2. The number of rotatable bonds is 9. The van der Waals surface area contributed by atoms with E-state index in [2.05, 4.69) is 59.4 Å². The van der Waals surface area contributed by atoms with Crippen molar-refractivity contribution in [2.45, 2.75) is 52.4 Å². The largest absolute Gasteiger partial charge is 0.447 e. The maximum atomic E-state index is 12.5. The van der Waals surface area contributed by atoms with E-state index in [1.807, 2.05) is 18.2 Å². The van der Waals surface area contributed by atoms with Gasteiger partial charge in [0.15, 0.2) is 5.69 Å². The smallest absolute Gasteiger partial charge is 0.273 e. The van der Waals surface area contributed by atoms with Crippen molar-refractivity contribution in [3.63, 3.8) is 0 Å². The molecule has 0 radical (unpaired) electrons. The molecule has 1 fully saturated rings. The van der Waals surface area contributed by atoms with Crippen LogP contribution in [0, 0.1) is 13.8 Å². The van der Waals surface area contributed by atoms with Gasteiger partial charge in [-0.05, 0) is 43.4 Å². The molecule has 2 heterocycles. The number of hydrogen-bond donors (Lipinski definition) is 1. The first-order valence-corrected chi connectivity index (χ1v) is 11.2. The minimum Gasteiger partial charge on any atom is -0.447 e. The van der Waals surface area contributed by atoms with E-state index in [4.69, 9.17) is 9.15 Å². The monoisotopic (exact) mass is 433 g/mol. The Hall–Kier alpha value is -2.96. The van der Waals surface area contributed by atoms with Crippen LogP contribution < -0.4 is 5.32 Å². The van der Waals surface area contributed by atoms with Crippen molar-refractivity contribution in [2.24, 2.45) is 0 Å². The maximum Gasteiger partial charge on any atom is 0.273 e. The molecule has 1 aliphatic heterocycles. The summed E-state index contributed by atoms with van der Waals surface area (Å²) in [5.41, 5.74) is 5.31. The van der Waals surface area contributed by atoms with Crippen LogP contribution >= 0.6 is 0 Å². The van der Waals surface area contributed by atoms with Crippen molar-refractivity contribution in [3.05, 3.63) is 88.6 Å². The molecule has 1 amide bonds. The van der Waals surface area contributed by atoms with Gasteiger partial charge in [-0.15, -0.1) is 0 Å². The van der Waals surface area contributed by atoms with Crippen molar-refractivity contribution in [1.29, 1.82) is 0 Å². The molecule has 0 spiro atoms. The van der Waals surface area contributed by atoms with Gasteiger partial charge in [0.25, 0.3) is 5.91 Å². The van der Waals surface area contributed by atoms with Gasteiger partial charge in [0.05, 0.1) is 12.6 Å². The lowest BCUT2D eigenvalue weighted by molar-refractivity contribution is 0.0853. The van der Waals surface area contributed by atoms with Crippen LogP contribution in [0.25, 0.3) is 0 Å². The van der Waals surface area contributed by atoms with Crippen molar-refractivity contribution in [3.8, 4) is 0 Å². The summed E-state index contributed by atoms with van der Waals surface area (Å²) in [6.45, 7) is 7.57. The normalized spacial score (nSPS) is 15.9. The Balaban J connectivity index is 1.44. The van der Waals surface area contributed by atoms with Crippen LogP contribution in [-0.4, -0.2) is 35.0 Å². The Morgan fingerprint density at radius 2 is 1.97 bits per heavy atom. The topological polar surface area (TPSA) is 67.6 Å². The average molecular weight is 434 g/mol. The van der Waals surface area contributed by atoms with Gasteiger partial charge < -0.3 is 14.5 Å². The molecule has 0 bridgehead atoms. The lowest BCUT2D eigenvalue weighted by Crippen LogP contribution is -2.32. The van der Waals surface area contributed by atoms with E-state index >= 15 is 0 Å². The number of carbonyl (C=O) groups excluding carboxylic acids is 1. The molecular formula is C26H31N3O3. The predicted molar refractivity (Wildman–Crippen MR) is 123 cm³/mol. The molecule has 6 nitrogen and oxygen atoms in total. The molecule has 1 atom stereocenters. The highest BCUT2D eigenvalue weighted by Gasteiger charge is 2.19. The molecule has 2 aromatic carbocycles. The summed E-state index contributed by atoms with van der Waals surface area (Å²) in [7, 11) is 0. The third kappa shape index (κ3) is 6.05. The minimum atomic E-state index is -0.223. The van der Waals surface area contributed by atoms with E-state index in [1.54, 1.807) is 0 Å². The van der Waals surface area contributed by atoms with E-state index in [0.29, 0.717) is 24.7 Å². The molecule has 0 unspecified atom stereocenters. The number of aromatic nitrogens is 1. The lowest BCUT2D eigenvalue weighted by Gasteiger charge is -2.22. The van der Waals surface area contributed by atoms with Crippen LogP contribution in [0.15, 0.2) is 59.2 Å². The highest BCUT2D eigenvalue weighted by molar-refractivity contribution is 5.91. The third-order valence-electron chi connectivity index (χ3n) is 5.81. The van der Waals surface area contributed by atoms with Gasteiger partial charge in [0, 0.05) is 26.2 Å². The van der Waals surface area contributed by atoms with Crippen LogP contribution in [0.1, 0.15) is 51.5 Å². The Morgan fingerprint density at radius 1 is 1.12 bits per heavy atom. The fourth-order valence-electron chi connectivity index (χ4n) is 4.00. The van der Waals surface area contributed by atoms with Crippen LogP contribution in [0.5, 0.6) is 0 Å². The van der Waals surface area contributed by atoms with Crippen LogP contribution in [0.4, 0.5) is 0 Å². The molecule has 1 N–H and O–H groups in total. The van der Waals surface area contributed by atoms with Gasteiger partial charge in [-0.3, -0.25) is 9.69 Å². The lowest BCUT2D eigenvalue weighted by atomic mass is 10.0. The molecular weight excluding hydrogens is 402 g/mol. The molecule has 4 rings (SSSR count). The fourth-order valence-corrected chi connectivity index (χ4v) is 4.00. The highest BCUT2D eigenvalue weighted by Crippen LogP contribution is 2.18. The van der Waals surface area contributed by atoms with Crippen molar-refractivity contribution < 1.29 is 13.9 Å². The maximum absolute atomic E-state index is 12.5. The first-order chi connectivity index (χ1) is 15.6. The van der Waals surface area contributed by atoms with Gasteiger partial charge in [-0.1, -0.05) is 54.1 Å². The van der Waals surface area contributed by atoms with Gasteiger partial charge >= 0.3 is 0 Å². The number of ether oxygens (including phenoxy) is 1. The molecule has 1 saturated heterocycles. The van der Waals surface area contributed by atoms with Gasteiger partial charge in [0.2, 0.25) is 5.89 Å². The Labute approximate surface area is 189 Å². The van der Waals surface area contributed by atoms with E-state index in [-0.39, 0.29) is 12.0 Å². The summed E-state index contributed by atoms with van der Waals surface area (Å²) >= 11 is 0. The van der Waals surface area contributed by atoms with Gasteiger partial charge in [-0.2, -0.15) is 0 Å². The van der Waals surface area contributed by atoms with Gasteiger partial charge in [-0.25, -0.2) is 4.98 Å². The predicted octanol–water partition coefficient (Wildman–Crippen LogP) is 4.40. The molecule has 32 heavy (non-hydrogen) atoms. The minimum absolute atomic E-state index is 0.101. The Bertz CT molecular complexity index is 1030. The van der Waals surface area contributed by atoms with E-state index in [9.17, 15) is 4.79 Å². The number of oxazole rings is 1. The van der Waals surface area contributed by atoms with Crippen LogP contribution in [0.3, 0.4) is 0 Å². The number of nitrogens with one attached hydrogen (secondary N) is 1. The first-order valence-electron chi connectivity index (χ1n) is 11.2. The zero-order valence-corrected chi connectivity index (χ0v) is 18.8. The quantitative estimate of drug-likeness (QED) is 0.542. The molecule has 1 aliphatic rings. The number of benzene rings is 2. The second kappa shape index (κ2) is 10.6. The molecule has 168 valence electrons. The fraction of sp³-hybridized carbons (Fsp3) is 0.385. The number of amides is 1. The average Bonchev–Trinajstić information content (AvgIpc) is 3.48. The van der Waals surface area contributed by atoms with E-state index in [0.717, 1.165) is 32.5 Å². The SMILES string of the molecule is Cc1ccc(C)c(CN(Cc2ccccc2)Cc2nc(C(=O)NC[C@@H]3CCCO3)co2)c1. The molecule has 3 aromatic rings. The molecule has 6 heteroatoms. The van der Waals surface area contributed by atoms with Crippen molar-refractivity contribution in [1.82, 2.24) is 15.2 Å². The first kappa shape index (κ1) is 22.2. The number of hydrogen-bond acceptors (Lipinski definition) is 5. The number of aryl methyl sites for hydroxylation is 2. The van der Waals surface area contributed by atoms with Crippen LogP contribution in [0.2, 0.25) is 0 Å². The number of nitrogens with zero attached hydrogens (tertiary/aromatic N) is 2. The summed E-state index contributed by atoms with van der Waals surface area (Å²) < 4.78 is 11.2. The van der Waals surface area contributed by atoms with E-state index in [1.165, 1.54) is 28.5 Å². The van der Waals surface area contributed by atoms with Gasteiger partial charge in [0.1, 0.15) is 6.26 Å². The molecule has 1 aromatic heterocycles. The summed E-state index contributed by atoms with van der Waals surface area (Å²) in [5.74, 6) is 0.313. The van der Waals surface area contributed by atoms with E-state index < -0.39 is 0 Å². The van der Waals surface area contributed by atoms with Crippen LogP contribution in [-0.2, 0) is 24.4 Å². The third-order valence-corrected chi connectivity index (χ3v) is 5.81. The molecule has 0 aliphatic carbocycles. The van der Waals surface area contributed by atoms with Crippen molar-refractivity contribution >= 4 is 5.91 Å². The zero-order valence-electron chi connectivity index (χ0n) is 18.8. The van der Waals surface area contributed by atoms with Crippen molar-refractivity contribution in [2.75, 3.05) is 13.2 Å². The second-order valence-corrected chi connectivity index (χ2v) is 8.53. The Kier molecular flexibility index (Phi) is 7.35. The number of carbonyl (C=O) groups is 1. The second-order valence-electron chi connectivity index (χ2n) is 8.53. The molecule has 0 saturated carbocycles. The zero-order chi connectivity index (χ0) is 22.3. The standard InChI is InChI=1S/C26H31N3O3/c1-19-10-11-20(2)22(13-19)16-29(15-21-7-4-3-5-8-21)17-25-28-24(18-32-25)26(30)27-14-23-9-6-12-31-23/h3-5,7-8,10-11,13,18,23H,6,9,12,14-17H2,1-2H3,(H,27,30)/t23-/m0/s1.